The maximum atomic E-state index is 12.6. The van der Waals surface area contributed by atoms with Crippen molar-refractivity contribution in [1.29, 1.82) is 0 Å². The first-order valence-electron chi connectivity index (χ1n) is 20.2. The molecule has 0 heterocycles. The molecule has 0 aromatic carbocycles. The molecule has 0 fully saturated rings. The van der Waals surface area contributed by atoms with E-state index in [2.05, 4.69) is 62.5 Å². The number of carbonyl (C=O) groups is 3. The summed E-state index contributed by atoms with van der Waals surface area (Å²) in [6.45, 7) is 4.48. The Kier molecular flexibility index (Phi) is 32.6. The molecule has 2 unspecified atom stereocenters. The van der Waals surface area contributed by atoms with E-state index in [9.17, 15) is 19.5 Å². The maximum Gasteiger partial charge on any atom is 0.306 e. The number of hydrogen-bond acceptors (Lipinski definition) is 7. The summed E-state index contributed by atoms with van der Waals surface area (Å²) >= 11 is 0. The molecule has 8 nitrogen and oxygen atoms in total. The van der Waals surface area contributed by atoms with Crippen LogP contribution in [-0.2, 0) is 28.6 Å². The number of unbranched alkanes of at least 4 members (excludes halogenated alkanes) is 13. The van der Waals surface area contributed by atoms with E-state index in [1.54, 1.807) is 21.1 Å². The topological polar surface area (TPSA) is 102 Å². The Morgan fingerprint density at radius 3 is 1.67 bits per heavy atom. The van der Waals surface area contributed by atoms with E-state index >= 15 is 0 Å². The minimum atomic E-state index is -1.13. The van der Waals surface area contributed by atoms with Gasteiger partial charge in [0.1, 0.15) is 12.6 Å². The van der Waals surface area contributed by atoms with Gasteiger partial charge in [0.2, 0.25) is 0 Å². The molecule has 0 rings (SSSR count). The Labute approximate surface area is 312 Å². The van der Waals surface area contributed by atoms with Crippen molar-refractivity contribution in [3.05, 3.63) is 48.6 Å². The summed E-state index contributed by atoms with van der Waals surface area (Å²) in [5.74, 6) is -1.79. The summed E-state index contributed by atoms with van der Waals surface area (Å²) in [6.07, 6.45) is 38.5. The Morgan fingerprint density at radius 1 is 0.608 bits per heavy atom. The van der Waals surface area contributed by atoms with Gasteiger partial charge in [0.05, 0.1) is 40.3 Å². The molecule has 294 valence electrons. The Hall–Kier alpha value is -2.71. The fraction of sp³-hybridized carbons (Fsp3) is 0.744. The first-order valence-corrected chi connectivity index (χ1v) is 20.2. The fourth-order valence-electron chi connectivity index (χ4n) is 5.55. The highest BCUT2D eigenvalue weighted by Crippen LogP contribution is 2.12. The van der Waals surface area contributed by atoms with Gasteiger partial charge >= 0.3 is 11.9 Å². The number of rotatable bonds is 35. The summed E-state index contributed by atoms with van der Waals surface area (Å²) < 4.78 is 17.1. The predicted molar refractivity (Wildman–Crippen MR) is 208 cm³/mol. The summed E-state index contributed by atoms with van der Waals surface area (Å²) in [5, 5.41) is 11.6. The minimum absolute atomic E-state index is 0.0252. The molecule has 0 aromatic heterocycles. The van der Waals surface area contributed by atoms with E-state index in [0.29, 0.717) is 6.42 Å². The van der Waals surface area contributed by atoms with Gasteiger partial charge < -0.3 is 28.6 Å². The molecule has 0 N–H and O–H groups in total. The summed E-state index contributed by atoms with van der Waals surface area (Å²) in [5.41, 5.74) is 0. The van der Waals surface area contributed by atoms with Crippen molar-refractivity contribution < 1.29 is 38.2 Å². The highest BCUT2D eigenvalue weighted by molar-refractivity contribution is 5.70. The third kappa shape index (κ3) is 32.9. The molecule has 51 heavy (non-hydrogen) atoms. The van der Waals surface area contributed by atoms with Crippen molar-refractivity contribution in [2.45, 2.75) is 167 Å². The molecular weight excluding hydrogens is 642 g/mol. The lowest BCUT2D eigenvalue weighted by Crippen LogP contribution is -2.55. The van der Waals surface area contributed by atoms with Crippen LogP contribution in [0.1, 0.15) is 155 Å². The zero-order valence-electron chi connectivity index (χ0n) is 33.3. The smallest absolute Gasteiger partial charge is 0.306 e. The molecule has 0 saturated heterocycles. The maximum absolute atomic E-state index is 12.6. The standard InChI is InChI=1S/C43H75NO7/c1-6-8-10-12-14-16-18-20-22-23-25-27-29-31-33-41(45)50-38-39(37-49-36-35-40(43(47)48)44(3,4)5)51-42(46)34-32-30-28-26-24-21-19-17-15-13-11-9-7-2/h9,11,15,17-18,20-21,24,39-40H,6-8,10,12-14,16,19,22-23,25-38H2,1-5H3/b11-9-,17-15-,20-18-,24-21-. The van der Waals surface area contributed by atoms with Crippen molar-refractivity contribution in [2.24, 2.45) is 0 Å². The van der Waals surface area contributed by atoms with Crippen LogP contribution in [0.25, 0.3) is 0 Å². The summed E-state index contributed by atoms with van der Waals surface area (Å²) in [7, 11) is 5.38. The fourth-order valence-corrected chi connectivity index (χ4v) is 5.55. The molecule has 0 spiro atoms. The molecule has 0 radical (unpaired) electrons. The Balaban J connectivity index is 4.46. The zero-order chi connectivity index (χ0) is 37.8. The number of esters is 2. The highest BCUT2D eigenvalue weighted by atomic mass is 16.6. The Bertz CT molecular complexity index is 979. The number of carboxylic acids is 1. The third-order valence-electron chi connectivity index (χ3n) is 8.70. The van der Waals surface area contributed by atoms with Crippen LogP contribution in [-0.4, -0.2) is 75.5 Å². The van der Waals surface area contributed by atoms with Gasteiger partial charge in [0, 0.05) is 19.3 Å². The molecule has 0 saturated carbocycles. The lowest BCUT2D eigenvalue weighted by molar-refractivity contribution is -0.889. The lowest BCUT2D eigenvalue weighted by Gasteiger charge is -2.34. The normalized spacial score (nSPS) is 13.5. The van der Waals surface area contributed by atoms with E-state index in [4.69, 9.17) is 14.2 Å². The average molecular weight is 718 g/mol. The average Bonchev–Trinajstić information content (AvgIpc) is 3.08. The van der Waals surface area contributed by atoms with Gasteiger partial charge in [-0.05, 0) is 70.6 Å². The molecule has 0 aromatic rings. The third-order valence-corrected chi connectivity index (χ3v) is 8.70. The highest BCUT2D eigenvalue weighted by Gasteiger charge is 2.25. The SMILES string of the molecule is CC/C=C\C/C=C\C/C=C\CCCCCC(=O)OC(COCCC(C(=O)[O-])[N+](C)(C)C)COC(=O)CCCCCCC/C=C\CCCCCCC. The molecule has 0 bridgehead atoms. The van der Waals surface area contributed by atoms with Crippen LogP contribution in [0.15, 0.2) is 48.6 Å². The van der Waals surface area contributed by atoms with Gasteiger partial charge in [0.25, 0.3) is 0 Å². The first-order chi connectivity index (χ1) is 24.6. The number of carboxylic acid groups (broad SMARTS) is 1. The second-order valence-electron chi connectivity index (χ2n) is 14.5. The molecule has 0 aliphatic carbocycles. The van der Waals surface area contributed by atoms with E-state index in [-0.39, 0.29) is 49.1 Å². The molecule has 8 heteroatoms. The van der Waals surface area contributed by atoms with Crippen LogP contribution >= 0.6 is 0 Å². The van der Waals surface area contributed by atoms with Crippen molar-refractivity contribution >= 4 is 17.9 Å². The molecular formula is C43H75NO7. The summed E-state index contributed by atoms with van der Waals surface area (Å²) in [6, 6.07) is -0.732. The number of allylic oxidation sites excluding steroid dienone is 8. The van der Waals surface area contributed by atoms with Gasteiger partial charge in [-0.25, -0.2) is 0 Å². The van der Waals surface area contributed by atoms with Gasteiger partial charge in [-0.1, -0.05) is 114 Å². The number of aliphatic carboxylic acids is 1. The molecule has 0 aliphatic heterocycles. The summed E-state index contributed by atoms with van der Waals surface area (Å²) in [4.78, 5) is 36.7. The second-order valence-corrected chi connectivity index (χ2v) is 14.5. The van der Waals surface area contributed by atoms with Gasteiger partial charge in [0.15, 0.2) is 6.10 Å². The predicted octanol–water partition coefficient (Wildman–Crippen LogP) is 9.13. The molecule has 0 amide bonds. The van der Waals surface area contributed by atoms with E-state index in [0.717, 1.165) is 77.0 Å². The monoisotopic (exact) mass is 718 g/mol. The van der Waals surface area contributed by atoms with Crippen molar-refractivity contribution in [3.8, 4) is 0 Å². The number of quaternary nitrogens is 1. The quantitative estimate of drug-likeness (QED) is 0.0279. The van der Waals surface area contributed by atoms with Gasteiger partial charge in [-0.3, -0.25) is 9.59 Å². The van der Waals surface area contributed by atoms with Crippen molar-refractivity contribution in [3.63, 3.8) is 0 Å². The number of ether oxygens (including phenoxy) is 3. The van der Waals surface area contributed by atoms with Crippen LogP contribution in [0.4, 0.5) is 0 Å². The van der Waals surface area contributed by atoms with Crippen LogP contribution in [0, 0.1) is 0 Å². The zero-order valence-corrected chi connectivity index (χ0v) is 33.3. The number of carbonyl (C=O) groups excluding carboxylic acids is 3. The van der Waals surface area contributed by atoms with Crippen LogP contribution in [0.3, 0.4) is 0 Å². The van der Waals surface area contributed by atoms with E-state index in [1.165, 1.54) is 44.9 Å². The van der Waals surface area contributed by atoms with Crippen LogP contribution in [0.5, 0.6) is 0 Å². The van der Waals surface area contributed by atoms with Crippen molar-refractivity contribution in [2.75, 3.05) is 41.0 Å². The van der Waals surface area contributed by atoms with E-state index < -0.39 is 18.1 Å². The number of hydrogen-bond donors (Lipinski definition) is 0. The van der Waals surface area contributed by atoms with Gasteiger partial charge in [-0.15, -0.1) is 0 Å². The first kappa shape index (κ1) is 48.3. The van der Waals surface area contributed by atoms with Crippen molar-refractivity contribution in [1.82, 2.24) is 0 Å². The Morgan fingerprint density at radius 2 is 1.10 bits per heavy atom. The number of nitrogens with zero attached hydrogens (tertiary/aromatic N) is 1. The minimum Gasteiger partial charge on any atom is -0.544 e. The molecule has 0 aliphatic rings. The van der Waals surface area contributed by atoms with Crippen LogP contribution in [0.2, 0.25) is 0 Å². The number of likely N-dealkylation sites (N-methyl/N-ethyl adjacent to an activating group) is 1. The lowest BCUT2D eigenvalue weighted by atomic mass is 10.1. The molecule has 2 atom stereocenters. The van der Waals surface area contributed by atoms with Crippen LogP contribution < -0.4 is 5.11 Å². The van der Waals surface area contributed by atoms with Gasteiger partial charge in [-0.2, -0.15) is 0 Å². The largest absolute Gasteiger partial charge is 0.544 e. The second kappa shape index (κ2) is 34.4. The van der Waals surface area contributed by atoms with E-state index in [1.807, 2.05) is 0 Å².